The molecule has 3 N–H and O–H groups in total. The molecule has 0 aliphatic carbocycles. The summed E-state index contributed by atoms with van der Waals surface area (Å²) >= 11 is 1.77. The number of thiophene rings is 1. The molecule has 3 heterocycles. The molecule has 1 aliphatic heterocycles. The summed E-state index contributed by atoms with van der Waals surface area (Å²) in [6.07, 6.45) is 3.20. The molecule has 8 nitrogen and oxygen atoms in total. The fourth-order valence-corrected chi connectivity index (χ4v) is 4.01. The molecule has 1 aliphatic rings. The van der Waals surface area contributed by atoms with Gasteiger partial charge < -0.3 is 20.7 Å². The average Bonchev–Trinajstić information content (AvgIpc) is 3.31. The summed E-state index contributed by atoms with van der Waals surface area (Å²) in [5, 5.41) is 11.6. The van der Waals surface area contributed by atoms with E-state index < -0.39 is 0 Å². The molecule has 1 atom stereocenters. The summed E-state index contributed by atoms with van der Waals surface area (Å²) in [5.41, 5.74) is 0.555. The molecule has 1 saturated heterocycles. The van der Waals surface area contributed by atoms with Crippen molar-refractivity contribution in [2.24, 2.45) is 4.99 Å². The summed E-state index contributed by atoms with van der Waals surface area (Å²) in [4.78, 5) is 24.1. The van der Waals surface area contributed by atoms with Crippen molar-refractivity contribution in [3.05, 3.63) is 52.5 Å². The lowest BCUT2D eigenvalue weighted by atomic mass is 10.2. The lowest BCUT2D eigenvalue weighted by molar-refractivity contribution is 0.0177. The minimum absolute atomic E-state index is 0. The van der Waals surface area contributed by atoms with Crippen molar-refractivity contribution in [1.29, 1.82) is 0 Å². The van der Waals surface area contributed by atoms with Gasteiger partial charge in [0, 0.05) is 57.0 Å². The number of hydrogen-bond donors (Lipinski definition) is 3. The molecule has 30 heavy (non-hydrogen) atoms. The zero-order valence-electron chi connectivity index (χ0n) is 17.0. The molecule has 1 amide bonds. The summed E-state index contributed by atoms with van der Waals surface area (Å²) in [6, 6.07) is 8.04. The number of guanidine groups is 1. The number of ether oxygens (including phenoxy) is 1. The Morgan fingerprint density at radius 1 is 1.23 bits per heavy atom. The van der Waals surface area contributed by atoms with Crippen molar-refractivity contribution in [3.8, 4) is 0 Å². The van der Waals surface area contributed by atoms with Crippen LogP contribution < -0.4 is 16.0 Å². The molecule has 2 aromatic heterocycles. The molecule has 0 bridgehead atoms. The average molecular weight is 544 g/mol. The van der Waals surface area contributed by atoms with Gasteiger partial charge in [0.2, 0.25) is 0 Å². The Bertz CT molecular complexity index is 769. The highest BCUT2D eigenvalue weighted by Crippen LogP contribution is 2.25. The first-order valence-electron chi connectivity index (χ1n) is 9.76. The third-order valence-corrected chi connectivity index (χ3v) is 5.64. The fraction of sp³-hybridized carbons (Fsp3) is 0.450. The second-order valence-electron chi connectivity index (χ2n) is 6.56. The van der Waals surface area contributed by atoms with Crippen LogP contribution in [0.1, 0.15) is 21.3 Å². The smallest absolute Gasteiger partial charge is 0.252 e. The highest BCUT2D eigenvalue weighted by molar-refractivity contribution is 14.0. The van der Waals surface area contributed by atoms with Gasteiger partial charge in [-0.25, -0.2) is 0 Å². The Kier molecular flexibility index (Phi) is 11.0. The number of rotatable bonds is 8. The van der Waals surface area contributed by atoms with E-state index in [0.717, 1.165) is 38.8 Å². The highest BCUT2D eigenvalue weighted by Gasteiger charge is 2.23. The number of carbonyl (C=O) groups excluding carboxylic acids is 1. The Hall–Kier alpha value is -1.76. The normalized spacial score (nSPS) is 15.7. The molecule has 0 saturated carbocycles. The molecule has 1 fully saturated rings. The second kappa shape index (κ2) is 13.5. The van der Waals surface area contributed by atoms with Gasteiger partial charge in [0.05, 0.1) is 24.8 Å². The van der Waals surface area contributed by atoms with E-state index >= 15 is 0 Å². The summed E-state index contributed by atoms with van der Waals surface area (Å²) < 4.78 is 5.50. The predicted molar refractivity (Wildman–Crippen MR) is 131 cm³/mol. The number of aromatic nitrogens is 1. The maximum atomic E-state index is 12.0. The van der Waals surface area contributed by atoms with Crippen LogP contribution in [-0.2, 0) is 4.74 Å². The number of nitrogens with zero attached hydrogens (tertiary/aromatic N) is 3. The zero-order chi connectivity index (χ0) is 20.3. The first-order valence-corrected chi connectivity index (χ1v) is 10.6. The van der Waals surface area contributed by atoms with E-state index in [-0.39, 0.29) is 35.9 Å². The first-order chi connectivity index (χ1) is 14.3. The summed E-state index contributed by atoms with van der Waals surface area (Å²) in [7, 11) is 1.75. The molecule has 0 spiro atoms. The minimum Gasteiger partial charge on any atom is -0.379 e. The number of halogens is 1. The summed E-state index contributed by atoms with van der Waals surface area (Å²) in [6.45, 7) is 5.21. The minimum atomic E-state index is -0.132. The van der Waals surface area contributed by atoms with Crippen LogP contribution in [-0.4, -0.2) is 74.7 Å². The van der Waals surface area contributed by atoms with E-state index in [0.29, 0.717) is 18.7 Å². The maximum absolute atomic E-state index is 12.0. The lowest BCUT2D eigenvalue weighted by Crippen LogP contribution is -2.47. The van der Waals surface area contributed by atoms with Crippen LogP contribution in [0, 0.1) is 0 Å². The second-order valence-corrected chi connectivity index (χ2v) is 7.54. The van der Waals surface area contributed by atoms with Crippen molar-refractivity contribution in [2.75, 3.05) is 53.0 Å². The molecule has 3 rings (SSSR count). The first kappa shape index (κ1) is 24.5. The molecule has 164 valence electrons. The van der Waals surface area contributed by atoms with Gasteiger partial charge >= 0.3 is 0 Å². The van der Waals surface area contributed by atoms with Crippen LogP contribution in [0.2, 0.25) is 0 Å². The van der Waals surface area contributed by atoms with Crippen molar-refractivity contribution >= 4 is 47.2 Å². The quantitative estimate of drug-likeness (QED) is 0.203. The predicted octanol–water partition coefficient (Wildman–Crippen LogP) is 1.73. The van der Waals surface area contributed by atoms with E-state index in [2.05, 4.69) is 48.3 Å². The molecule has 10 heteroatoms. The van der Waals surface area contributed by atoms with Gasteiger partial charge in [-0.05, 0) is 23.6 Å². The Morgan fingerprint density at radius 2 is 2.03 bits per heavy atom. The number of aliphatic imine (C=N–C) groups is 1. The standard InChI is InChI=1S/C20H28N6O2S.HI/c1-21-20(24-8-7-23-19(27)16-4-2-6-22-14-16)25-15-17(18-5-3-13-29-18)26-9-11-28-12-10-26;/h2-6,13-14,17H,7-12,15H2,1H3,(H,23,27)(H2,21,24,25);1H. The molecule has 1 unspecified atom stereocenters. The summed E-state index contributed by atoms with van der Waals surface area (Å²) in [5.74, 6) is 0.586. The monoisotopic (exact) mass is 544 g/mol. The van der Waals surface area contributed by atoms with Crippen LogP contribution in [0.5, 0.6) is 0 Å². The van der Waals surface area contributed by atoms with E-state index in [4.69, 9.17) is 4.74 Å². The Labute approximate surface area is 198 Å². The SMILES string of the molecule is CN=C(NCCNC(=O)c1cccnc1)NCC(c1cccs1)N1CCOCC1.I. The van der Waals surface area contributed by atoms with Gasteiger partial charge in [-0.2, -0.15) is 0 Å². The fourth-order valence-electron chi connectivity index (χ4n) is 3.15. The third-order valence-electron chi connectivity index (χ3n) is 4.67. The molecular weight excluding hydrogens is 515 g/mol. The topological polar surface area (TPSA) is 90.9 Å². The van der Waals surface area contributed by atoms with Crippen molar-refractivity contribution in [1.82, 2.24) is 25.8 Å². The number of morpholine rings is 1. The van der Waals surface area contributed by atoms with Gasteiger partial charge in [0.15, 0.2) is 5.96 Å². The van der Waals surface area contributed by atoms with Crippen molar-refractivity contribution < 1.29 is 9.53 Å². The molecule has 2 aromatic rings. The van der Waals surface area contributed by atoms with Gasteiger partial charge in [-0.3, -0.25) is 19.7 Å². The third kappa shape index (κ3) is 7.49. The molecule has 0 radical (unpaired) electrons. The van der Waals surface area contributed by atoms with Gasteiger partial charge in [0.25, 0.3) is 5.91 Å². The number of carbonyl (C=O) groups is 1. The van der Waals surface area contributed by atoms with Crippen LogP contribution in [0.4, 0.5) is 0 Å². The number of amides is 1. The zero-order valence-corrected chi connectivity index (χ0v) is 20.2. The van der Waals surface area contributed by atoms with E-state index in [1.165, 1.54) is 4.88 Å². The van der Waals surface area contributed by atoms with E-state index in [9.17, 15) is 4.79 Å². The van der Waals surface area contributed by atoms with Crippen LogP contribution in [0.25, 0.3) is 0 Å². The molecular formula is C20H29IN6O2S. The lowest BCUT2D eigenvalue weighted by Gasteiger charge is -2.34. The largest absolute Gasteiger partial charge is 0.379 e. The van der Waals surface area contributed by atoms with Crippen molar-refractivity contribution in [3.63, 3.8) is 0 Å². The number of nitrogens with one attached hydrogen (secondary N) is 3. The Morgan fingerprint density at radius 3 is 2.70 bits per heavy atom. The van der Waals surface area contributed by atoms with E-state index in [1.54, 1.807) is 42.9 Å². The number of hydrogen-bond acceptors (Lipinski definition) is 6. The Balaban J connectivity index is 0.00000320. The van der Waals surface area contributed by atoms with Gasteiger partial charge in [-0.15, -0.1) is 35.3 Å². The van der Waals surface area contributed by atoms with Crippen LogP contribution in [0.3, 0.4) is 0 Å². The van der Waals surface area contributed by atoms with Gasteiger partial charge in [0.1, 0.15) is 0 Å². The van der Waals surface area contributed by atoms with Crippen LogP contribution in [0.15, 0.2) is 47.0 Å². The van der Waals surface area contributed by atoms with Crippen molar-refractivity contribution in [2.45, 2.75) is 6.04 Å². The highest BCUT2D eigenvalue weighted by atomic mass is 127. The molecule has 0 aromatic carbocycles. The maximum Gasteiger partial charge on any atom is 0.252 e. The van der Waals surface area contributed by atoms with E-state index in [1.807, 2.05) is 0 Å². The van der Waals surface area contributed by atoms with Gasteiger partial charge in [-0.1, -0.05) is 6.07 Å². The van der Waals surface area contributed by atoms with Crippen LogP contribution >= 0.6 is 35.3 Å². The number of pyridine rings is 1.